The highest BCUT2D eigenvalue weighted by Gasteiger charge is 2.51. The molecule has 1 unspecified atom stereocenters. The van der Waals surface area contributed by atoms with Crippen molar-refractivity contribution in [2.45, 2.75) is 58.9 Å². The summed E-state index contributed by atoms with van der Waals surface area (Å²) in [6.45, 7) is 10.2. The van der Waals surface area contributed by atoms with Crippen LogP contribution in [0.3, 0.4) is 0 Å². The number of aromatic nitrogens is 1. The van der Waals surface area contributed by atoms with E-state index in [9.17, 15) is 4.79 Å². The molecule has 4 nitrogen and oxygen atoms in total. The molecule has 1 saturated carbocycles. The third-order valence-corrected chi connectivity index (χ3v) is 5.91. The molecule has 3 aromatic rings. The van der Waals surface area contributed by atoms with Crippen LogP contribution in [0.15, 0.2) is 72.2 Å². The van der Waals surface area contributed by atoms with Gasteiger partial charge in [-0.15, -0.1) is 11.3 Å². The SMILES string of the molecule is CC.CC.CC(c1ccccc1)N(C)C.O=C(Nc1nccs1)C1(c2ccccc2)CC1. The number of thiazole rings is 1. The Bertz CT molecular complexity index is 860. The van der Waals surface area contributed by atoms with Crippen LogP contribution in [-0.4, -0.2) is 29.9 Å². The average molecular weight is 454 g/mol. The van der Waals surface area contributed by atoms with Gasteiger partial charge in [-0.3, -0.25) is 4.79 Å². The molecule has 2 aromatic carbocycles. The van der Waals surface area contributed by atoms with Crippen molar-refractivity contribution in [3.05, 3.63) is 83.4 Å². The first-order chi connectivity index (χ1) is 15.5. The fourth-order valence-electron chi connectivity index (χ4n) is 3.06. The lowest BCUT2D eigenvalue weighted by Gasteiger charge is -2.19. The highest BCUT2D eigenvalue weighted by atomic mass is 32.1. The summed E-state index contributed by atoms with van der Waals surface area (Å²) >= 11 is 1.45. The molecule has 1 aromatic heterocycles. The highest BCUT2D eigenvalue weighted by Crippen LogP contribution is 2.48. The largest absolute Gasteiger partial charge is 0.303 e. The minimum Gasteiger partial charge on any atom is -0.303 e. The lowest BCUT2D eigenvalue weighted by Crippen LogP contribution is -2.27. The van der Waals surface area contributed by atoms with E-state index >= 15 is 0 Å². The molecule has 0 bridgehead atoms. The summed E-state index contributed by atoms with van der Waals surface area (Å²) in [4.78, 5) is 18.5. The number of hydrogen-bond acceptors (Lipinski definition) is 4. The van der Waals surface area contributed by atoms with Gasteiger partial charge < -0.3 is 10.2 Å². The van der Waals surface area contributed by atoms with E-state index in [4.69, 9.17) is 0 Å². The molecule has 1 N–H and O–H groups in total. The van der Waals surface area contributed by atoms with Gasteiger partial charge in [0.15, 0.2) is 5.13 Å². The number of carbonyl (C=O) groups excluding carboxylic acids is 1. The van der Waals surface area contributed by atoms with E-state index in [1.54, 1.807) is 6.20 Å². The standard InChI is InChI=1S/C13H12N2OS.C10H15N.2C2H6/c16-11(15-12-14-8-9-17-12)13(6-7-13)10-4-2-1-3-5-10;1-9(11(2)3)10-7-5-4-6-8-10;2*1-2/h1-5,8-9H,6-7H2,(H,14,15,16);4-9H,1-3H3;2*1-2H3. The van der Waals surface area contributed by atoms with Gasteiger partial charge in [0.2, 0.25) is 5.91 Å². The predicted octanol–water partition coefficient (Wildman–Crippen LogP) is 7.18. The number of hydrogen-bond donors (Lipinski definition) is 1. The van der Waals surface area contributed by atoms with Gasteiger partial charge in [-0.05, 0) is 45.0 Å². The van der Waals surface area contributed by atoms with Crippen LogP contribution in [-0.2, 0) is 10.2 Å². The molecule has 1 heterocycles. The monoisotopic (exact) mass is 453 g/mol. The topological polar surface area (TPSA) is 45.2 Å². The summed E-state index contributed by atoms with van der Waals surface area (Å²) in [6, 6.07) is 21.0. The van der Waals surface area contributed by atoms with Crippen LogP contribution < -0.4 is 5.32 Å². The fraction of sp³-hybridized carbons (Fsp3) is 0.407. The van der Waals surface area contributed by atoms with E-state index in [-0.39, 0.29) is 11.3 Å². The van der Waals surface area contributed by atoms with Crippen molar-refractivity contribution in [2.24, 2.45) is 0 Å². The van der Waals surface area contributed by atoms with E-state index in [2.05, 4.69) is 60.5 Å². The van der Waals surface area contributed by atoms with Gasteiger partial charge in [-0.25, -0.2) is 4.98 Å². The smallest absolute Gasteiger partial charge is 0.236 e. The van der Waals surface area contributed by atoms with Crippen LogP contribution in [0.25, 0.3) is 0 Å². The number of nitrogens with zero attached hydrogens (tertiary/aromatic N) is 2. The van der Waals surface area contributed by atoms with Crippen molar-refractivity contribution in [2.75, 3.05) is 19.4 Å². The zero-order valence-corrected chi connectivity index (χ0v) is 21.4. The molecule has 0 aliphatic heterocycles. The summed E-state index contributed by atoms with van der Waals surface area (Å²) in [5.74, 6) is 0.0682. The van der Waals surface area contributed by atoms with E-state index in [1.165, 1.54) is 16.9 Å². The number of benzene rings is 2. The number of anilines is 1. The molecular formula is C27H39N3OS. The van der Waals surface area contributed by atoms with E-state index < -0.39 is 0 Å². The van der Waals surface area contributed by atoms with Crippen molar-refractivity contribution in [3.8, 4) is 0 Å². The van der Waals surface area contributed by atoms with Gasteiger partial charge >= 0.3 is 0 Å². The van der Waals surface area contributed by atoms with Gasteiger partial charge in [-0.1, -0.05) is 88.4 Å². The number of nitrogens with one attached hydrogen (secondary N) is 1. The maximum Gasteiger partial charge on any atom is 0.236 e. The molecule has 1 atom stereocenters. The third kappa shape index (κ3) is 7.88. The quantitative estimate of drug-likeness (QED) is 0.445. The Kier molecular flexibility index (Phi) is 12.5. The number of rotatable bonds is 5. The van der Waals surface area contributed by atoms with Gasteiger partial charge in [0.1, 0.15) is 0 Å². The summed E-state index contributed by atoms with van der Waals surface area (Å²) in [5, 5.41) is 5.43. The zero-order chi connectivity index (χ0) is 24.0. The van der Waals surface area contributed by atoms with Gasteiger partial charge in [0.25, 0.3) is 0 Å². The van der Waals surface area contributed by atoms with Crippen molar-refractivity contribution in [1.82, 2.24) is 9.88 Å². The Labute approximate surface area is 198 Å². The number of amides is 1. The van der Waals surface area contributed by atoms with Crippen LogP contribution in [0.2, 0.25) is 0 Å². The molecule has 174 valence electrons. The summed E-state index contributed by atoms with van der Waals surface area (Å²) in [5.41, 5.74) is 2.17. The molecule has 1 fully saturated rings. The van der Waals surface area contributed by atoms with Crippen molar-refractivity contribution >= 4 is 22.4 Å². The fourth-order valence-corrected chi connectivity index (χ4v) is 3.58. The molecule has 32 heavy (non-hydrogen) atoms. The Hall–Kier alpha value is -2.50. The highest BCUT2D eigenvalue weighted by molar-refractivity contribution is 7.13. The van der Waals surface area contributed by atoms with Crippen LogP contribution in [0.5, 0.6) is 0 Å². The van der Waals surface area contributed by atoms with Crippen molar-refractivity contribution in [1.29, 1.82) is 0 Å². The van der Waals surface area contributed by atoms with E-state index in [0.717, 1.165) is 18.4 Å². The average Bonchev–Trinajstić information content (AvgIpc) is 3.53. The molecule has 4 rings (SSSR count). The first-order valence-corrected chi connectivity index (χ1v) is 12.4. The molecule has 1 amide bonds. The lowest BCUT2D eigenvalue weighted by molar-refractivity contribution is -0.118. The van der Waals surface area contributed by atoms with Crippen molar-refractivity contribution in [3.63, 3.8) is 0 Å². The van der Waals surface area contributed by atoms with Gasteiger partial charge in [-0.2, -0.15) is 0 Å². The zero-order valence-electron chi connectivity index (χ0n) is 20.6. The van der Waals surface area contributed by atoms with E-state index in [0.29, 0.717) is 11.2 Å². The maximum atomic E-state index is 12.3. The van der Waals surface area contributed by atoms with Crippen LogP contribution in [0, 0.1) is 0 Å². The molecular weight excluding hydrogens is 414 g/mol. The Morgan fingerprint density at radius 3 is 1.94 bits per heavy atom. The Morgan fingerprint density at radius 2 is 1.50 bits per heavy atom. The Morgan fingerprint density at radius 1 is 0.969 bits per heavy atom. The van der Waals surface area contributed by atoms with Crippen LogP contribution in [0.1, 0.15) is 64.6 Å². The van der Waals surface area contributed by atoms with Gasteiger partial charge in [0.05, 0.1) is 5.41 Å². The second-order valence-electron chi connectivity index (χ2n) is 7.29. The Balaban J connectivity index is 0.000000297. The third-order valence-electron chi connectivity index (χ3n) is 5.22. The van der Waals surface area contributed by atoms with E-state index in [1.807, 2.05) is 69.5 Å². The first-order valence-electron chi connectivity index (χ1n) is 11.5. The molecule has 1 aliphatic carbocycles. The predicted molar refractivity (Wildman–Crippen MR) is 139 cm³/mol. The lowest BCUT2D eigenvalue weighted by atomic mass is 9.95. The summed E-state index contributed by atoms with van der Waals surface area (Å²) in [6.07, 6.45) is 3.55. The molecule has 0 saturated heterocycles. The normalized spacial score (nSPS) is 13.8. The minimum absolute atomic E-state index is 0.0682. The molecule has 0 radical (unpaired) electrons. The van der Waals surface area contributed by atoms with Crippen LogP contribution >= 0.6 is 11.3 Å². The molecule has 1 aliphatic rings. The van der Waals surface area contributed by atoms with Crippen LogP contribution in [0.4, 0.5) is 5.13 Å². The second kappa shape index (κ2) is 14.5. The second-order valence-corrected chi connectivity index (χ2v) is 8.18. The molecule has 0 spiro atoms. The first kappa shape index (κ1) is 27.5. The number of carbonyl (C=O) groups is 1. The molecule has 5 heteroatoms. The summed E-state index contributed by atoms with van der Waals surface area (Å²) < 4.78 is 0. The minimum atomic E-state index is -0.313. The van der Waals surface area contributed by atoms with Crippen molar-refractivity contribution < 1.29 is 4.79 Å². The maximum absolute atomic E-state index is 12.3. The van der Waals surface area contributed by atoms with Gasteiger partial charge in [0, 0.05) is 17.6 Å². The summed E-state index contributed by atoms with van der Waals surface area (Å²) in [7, 11) is 4.19.